The fourth-order valence-electron chi connectivity index (χ4n) is 3.52. The number of hydrogen-bond donors (Lipinski definition) is 0. The van der Waals surface area contributed by atoms with Gasteiger partial charge in [-0.1, -0.05) is 0 Å². The number of carbonyl (C=O) groups excluding carboxylic acids is 1. The summed E-state index contributed by atoms with van der Waals surface area (Å²) in [6, 6.07) is 10.4. The van der Waals surface area contributed by atoms with E-state index in [-0.39, 0.29) is 23.5 Å². The molecule has 1 fully saturated rings. The summed E-state index contributed by atoms with van der Waals surface area (Å²) in [7, 11) is 1.60. The van der Waals surface area contributed by atoms with Gasteiger partial charge in [0.15, 0.2) is 17.8 Å². The van der Waals surface area contributed by atoms with E-state index in [9.17, 15) is 9.18 Å². The number of aromatic nitrogens is 2. The minimum Gasteiger partial charge on any atom is -0.497 e. The molecule has 4 rings (SSSR count). The van der Waals surface area contributed by atoms with Crippen LogP contribution in [0, 0.1) is 5.82 Å². The second-order valence-electron chi connectivity index (χ2n) is 6.89. The van der Waals surface area contributed by atoms with Gasteiger partial charge in [0.1, 0.15) is 17.4 Å². The van der Waals surface area contributed by atoms with E-state index < -0.39 is 0 Å². The highest BCUT2D eigenvalue weighted by atomic mass is 19.1. The molecule has 3 aromatic rings. The molecule has 1 aliphatic rings. The molecule has 3 heterocycles. The van der Waals surface area contributed by atoms with E-state index in [2.05, 4.69) is 14.9 Å². The average Bonchev–Trinajstić information content (AvgIpc) is 3.24. The summed E-state index contributed by atoms with van der Waals surface area (Å²) in [6.07, 6.45) is 2.49. The van der Waals surface area contributed by atoms with Crippen molar-refractivity contribution in [2.45, 2.75) is 13.0 Å². The van der Waals surface area contributed by atoms with Crippen LogP contribution in [0.1, 0.15) is 17.4 Å². The summed E-state index contributed by atoms with van der Waals surface area (Å²) in [5.74, 6) is 1.32. The Balaban J connectivity index is 1.50. The molecule has 1 aromatic carbocycles. The number of carbonyl (C=O) groups is 1. The van der Waals surface area contributed by atoms with Crippen molar-refractivity contribution in [1.29, 1.82) is 0 Å². The zero-order valence-electron chi connectivity index (χ0n) is 16.2. The van der Waals surface area contributed by atoms with E-state index in [0.717, 1.165) is 11.3 Å². The number of nitrogens with zero attached hydrogens (tertiary/aromatic N) is 4. The molecule has 8 heteroatoms. The summed E-state index contributed by atoms with van der Waals surface area (Å²) in [5, 5.41) is 0. The van der Waals surface area contributed by atoms with Crippen molar-refractivity contribution < 1.29 is 18.3 Å². The van der Waals surface area contributed by atoms with Gasteiger partial charge >= 0.3 is 0 Å². The Morgan fingerprint density at radius 3 is 2.62 bits per heavy atom. The van der Waals surface area contributed by atoms with Gasteiger partial charge < -0.3 is 19.0 Å². The Bertz CT molecular complexity index is 988. The average molecular weight is 396 g/mol. The number of rotatable bonds is 4. The molecule has 1 saturated heterocycles. The third-order valence-corrected chi connectivity index (χ3v) is 5.04. The lowest BCUT2D eigenvalue weighted by molar-refractivity contribution is 0.0721. The van der Waals surface area contributed by atoms with Crippen molar-refractivity contribution in [3.63, 3.8) is 0 Å². The third-order valence-electron chi connectivity index (χ3n) is 5.04. The van der Waals surface area contributed by atoms with E-state index in [0.29, 0.717) is 31.2 Å². The first-order chi connectivity index (χ1) is 14.1. The van der Waals surface area contributed by atoms with E-state index in [1.165, 1.54) is 18.7 Å². The summed E-state index contributed by atoms with van der Waals surface area (Å²) in [4.78, 5) is 25.2. The number of halogens is 1. The number of ether oxygens (including phenoxy) is 1. The maximum atomic E-state index is 13.1. The van der Waals surface area contributed by atoms with Crippen molar-refractivity contribution in [2.24, 2.45) is 0 Å². The van der Waals surface area contributed by atoms with Gasteiger partial charge in [0.25, 0.3) is 5.91 Å². The first-order valence-electron chi connectivity index (χ1n) is 9.32. The van der Waals surface area contributed by atoms with Gasteiger partial charge in [-0.3, -0.25) is 4.79 Å². The summed E-state index contributed by atoms with van der Waals surface area (Å²) >= 11 is 0. The van der Waals surface area contributed by atoms with Crippen LogP contribution in [0.15, 0.2) is 53.4 Å². The van der Waals surface area contributed by atoms with Crippen LogP contribution in [0.4, 0.5) is 10.2 Å². The third kappa shape index (κ3) is 3.78. The number of pyridine rings is 1. The molecule has 150 valence electrons. The molecule has 0 saturated carbocycles. The minimum atomic E-state index is -0.368. The first kappa shape index (κ1) is 18.9. The van der Waals surface area contributed by atoms with Crippen LogP contribution in [-0.2, 0) is 0 Å². The fraction of sp³-hybridized carbons (Fsp3) is 0.286. The second kappa shape index (κ2) is 7.90. The van der Waals surface area contributed by atoms with E-state index in [4.69, 9.17) is 9.15 Å². The molecule has 2 aromatic heterocycles. The molecule has 0 aliphatic carbocycles. The molecular formula is C21H21FN4O3. The van der Waals surface area contributed by atoms with Gasteiger partial charge in [0, 0.05) is 31.2 Å². The Labute approximate surface area is 167 Å². The second-order valence-corrected chi connectivity index (χ2v) is 6.89. The lowest BCUT2D eigenvalue weighted by Crippen LogP contribution is -2.54. The number of piperazine rings is 1. The Hall–Kier alpha value is -3.42. The maximum absolute atomic E-state index is 13.1. The normalized spacial score (nSPS) is 16.7. The van der Waals surface area contributed by atoms with Crippen molar-refractivity contribution in [3.05, 3.63) is 60.5 Å². The number of amides is 1. The van der Waals surface area contributed by atoms with Crippen LogP contribution in [0.2, 0.25) is 0 Å². The minimum absolute atomic E-state index is 0.0296. The van der Waals surface area contributed by atoms with E-state index in [1.54, 1.807) is 18.1 Å². The van der Waals surface area contributed by atoms with Gasteiger partial charge in [-0.25, -0.2) is 14.4 Å². The molecule has 0 N–H and O–H groups in total. The summed E-state index contributed by atoms with van der Waals surface area (Å²) < 4.78 is 23.8. The van der Waals surface area contributed by atoms with Gasteiger partial charge in [-0.2, -0.15) is 0 Å². The SMILES string of the molecule is COc1ccc(-c2ocnc2C(=O)N2CCN(c3ccc(F)cn3)C(C)C2)cc1. The number of oxazole rings is 1. The molecular weight excluding hydrogens is 375 g/mol. The van der Waals surface area contributed by atoms with Crippen molar-refractivity contribution >= 4 is 11.7 Å². The van der Waals surface area contributed by atoms with Crippen LogP contribution < -0.4 is 9.64 Å². The van der Waals surface area contributed by atoms with E-state index in [1.807, 2.05) is 31.2 Å². The predicted octanol–water partition coefficient (Wildman–Crippen LogP) is 3.24. The number of anilines is 1. The molecule has 1 atom stereocenters. The summed E-state index contributed by atoms with van der Waals surface area (Å²) in [5.41, 5.74) is 1.05. The van der Waals surface area contributed by atoms with Crippen molar-refractivity contribution in [3.8, 4) is 17.1 Å². The van der Waals surface area contributed by atoms with Gasteiger partial charge in [0.05, 0.1) is 13.3 Å². The lowest BCUT2D eigenvalue weighted by atomic mass is 10.1. The van der Waals surface area contributed by atoms with Crippen LogP contribution in [0.5, 0.6) is 5.75 Å². The number of methoxy groups -OCH3 is 1. The Kier molecular flexibility index (Phi) is 5.16. The maximum Gasteiger partial charge on any atom is 0.276 e. The lowest BCUT2D eigenvalue weighted by Gasteiger charge is -2.40. The van der Waals surface area contributed by atoms with Gasteiger partial charge in [-0.05, 0) is 43.3 Å². The fourth-order valence-corrected chi connectivity index (χ4v) is 3.52. The van der Waals surface area contributed by atoms with Gasteiger partial charge in [-0.15, -0.1) is 0 Å². The molecule has 0 spiro atoms. The molecule has 0 radical (unpaired) electrons. The zero-order chi connectivity index (χ0) is 20.4. The Morgan fingerprint density at radius 1 is 1.17 bits per heavy atom. The largest absolute Gasteiger partial charge is 0.497 e. The zero-order valence-corrected chi connectivity index (χ0v) is 16.2. The van der Waals surface area contributed by atoms with E-state index >= 15 is 0 Å². The molecule has 7 nitrogen and oxygen atoms in total. The van der Waals surface area contributed by atoms with Crippen LogP contribution in [0.25, 0.3) is 11.3 Å². The predicted molar refractivity (Wildman–Crippen MR) is 105 cm³/mol. The van der Waals surface area contributed by atoms with Crippen LogP contribution >= 0.6 is 0 Å². The van der Waals surface area contributed by atoms with Crippen LogP contribution in [0.3, 0.4) is 0 Å². The molecule has 0 bridgehead atoms. The van der Waals surface area contributed by atoms with Crippen LogP contribution in [-0.4, -0.2) is 53.6 Å². The highest BCUT2D eigenvalue weighted by Crippen LogP contribution is 2.27. The topological polar surface area (TPSA) is 71.7 Å². The standard InChI is InChI=1S/C21H21FN4O3/c1-14-12-25(9-10-26(14)18-8-5-16(22)11-23-18)21(27)19-20(29-13-24-19)15-3-6-17(28-2)7-4-15/h3-8,11,13-14H,9-10,12H2,1-2H3. The van der Waals surface area contributed by atoms with Gasteiger partial charge in [0.2, 0.25) is 0 Å². The molecule has 1 amide bonds. The highest BCUT2D eigenvalue weighted by Gasteiger charge is 2.31. The quantitative estimate of drug-likeness (QED) is 0.674. The first-order valence-corrected chi connectivity index (χ1v) is 9.32. The Morgan fingerprint density at radius 2 is 1.97 bits per heavy atom. The summed E-state index contributed by atoms with van der Waals surface area (Å²) in [6.45, 7) is 3.63. The molecule has 1 unspecified atom stereocenters. The number of benzene rings is 1. The smallest absolute Gasteiger partial charge is 0.276 e. The van der Waals surface area contributed by atoms with Crippen molar-refractivity contribution in [2.75, 3.05) is 31.6 Å². The molecule has 1 aliphatic heterocycles. The number of hydrogen-bond acceptors (Lipinski definition) is 6. The highest BCUT2D eigenvalue weighted by molar-refractivity contribution is 5.97. The van der Waals surface area contributed by atoms with Crippen molar-refractivity contribution in [1.82, 2.24) is 14.9 Å². The monoisotopic (exact) mass is 396 g/mol. The molecule has 29 heavy (non-hydrogen) atoms.